The van der Waals surface area contributed by atoms with Gasteiger partial charge in [0, 0.05) is 18.8 Å². The minimum absolute atomic E-state index is 0.153. The number of amidine groups is 1. The lowest BCUT2D eigenvalue weighted by atomic mass is 9.97. The average molecular weight is 250 g/mol. The number of hydrogen-bond acceptors (Lipinski definition) is 3. The van der Waals surface area contributed by atoms with Crippen molar-refractivity contribution >= 4 is 16.9 Å². The molecular formula is C13H15FN2S. The standard InChI is InChI=1S/C13H15FN2S/c14-12-3-1-10(2-4-12)11-5-7-16-8-6-15-13(16)17-9-11/h1-4,11H,5-9H2. The Balaban J connectivity index is 1.75. The first-order chi connectivity index (χ1) is 8.33. The maximum atomic E-state index is 12.9. The maximum absolute atomic E-state index is 12.9. The van der Waals surface area contributed by atoms with Gasteiger partial charge in [0.1, 0.15) is 5.82 Å². The van der Waals surface area contributed by atoms with Crippen molar-refractivity contribution in [1.82, 2.24) is 4.90 Å². The highest BCUT2D eigenvalue weighted by molar-refractivity contribution is 8.13. The monoisotopic (exact) mass is 250 g/mol. The van der Waals surface area contributed by atoms with E-state index in [0.29, 0.717) is 5.92 Å². The van der Waals surface area contributed by atoms with Gasteiger partial charge in [-0.2, -0.15) is 0 Å². The van der Waals surface area contributed by atoms with E-state index in [4.69, 9.17) is 0 Å². The molecule has 1 fully saturated rings. The summed E-state index contributed by atoms with van der Waals surface area (Å²) >= 11 is 1.84. The van der Waals surface area contributed by atoms with Crippen molar-refractivity contribution in [3.8, 4) is 0 Å². The summed E-state index contributed by atoms with van der Waals surface area (Å²) in [5.74, 6) is 1.43. The number of nitrogens with zero attached hydrogens (tertiary/aromatic N) is 2. The molecule has 2 nitrogen and oxygen atoms in total. The predicted molar refractivity (Wildman–Crippen MR) is 70.1 cm³/mol. The van der Waals surface area contributed by atoms with Crippen LogP contribution in [-0.4, -0.2) is 35.5 Å². The molecule has 1 aromatic carbocycles. The van der Waals surface area contributed by atoms with Gasteiger partial charge < -0.3 is 4.90 Å². The van der Waals surface area contributed by atoms with Gasteiger partial charge in [0.15, 0.2) is 5.17 Å². The van der Waals surface area contributed by atoms with Gasteiger partial charge in [0.2, 0.25) is 0 Å². The van der Waals surface area contributed by atoms with Crippen molar-refractivity contribution in [1.29, 1.82) is 0 Å². The Labute approximate surface area is 105 Å². The topological polar surface area (TPSA) is 15.6 Å². The summed E-state index contributed by atoms with van der Waals surface area (Å²) in [6.45, 7) is 3.09. The van der Waals surface area contributed by atoms with Gasteiger partial charge in [-0.25, -0.2) is 4.39 Å². The molecule has 4 heteroatoms. The fraction of sp³-hybridized carbons (Fsp3) is 0.462. The minimum atomic E-state index is -0.153. The number of halogens is 1. The highest BCUT2D eigenvalue weighted by Gasteiger charge is 2.24. The van der Waals surface area contributed by atoms with Crippen molar-refractivity contribution in [2.24, 2.45) is 4.99 Å². The zero-order valence-electron chi connectivity index (χ0n) is 9.60. The van der Waals surface area contributed by atoms with Crippen LogP contribution >= 0.6 is 11.8 Å². The van der Waals surface area contributed by atoms with Crippen LogP contribution in [0.15, 0.2) is 29.3 Å². The van der Waals surface area contributed by atoms with Crippen molar-refractivity contribution in [3.63, 3.8) is 0 Å². The number of aliphatic imine (C=N–C) groups is 1. The van der Waals surface area contributed by atoms with E-state index in [9.17, 15) is 4.39 Å². The third-order valence-corrected chi connectivity index (χ3v) is 4.60. The molecule has 0 aromatic heterocycles. The van der Waals surface area contributed by atoms with Gasteiger partial charge in [0.05, 0.1) is 6.54 Å². The molecule has 17 heavy (non-hydrogen) atoms. The second-order valence-electron chi connectivity index (χ2n) is 4.50. The third kappa shape index (κ3) is 2.32. The second-order valence-corrected chi connectivity index (χ2v) is 5.49. The maximum Gasteiger partial charge on any atom is 0.159 e. The number of rotatable bonds is 1. The third-order valence-electron chi connectivity index (χ3n) is 3.39. The summed E-state index contributed by atoms with van der Waals surface area (Å²) in [5, 5.41) is 1.20. The van der Waals surface area contributed by atoms with Crippen LogP contribution in [0.4, 0.5) is 4.39 Å². The van der Waals surface area contributed by atoms with E-state index in [1.807, 2.05) is 23.9 Å². The quantitative estimate of drug-likeness (QED) is 0.761. The summed E-state index contributed by atoms with van der Waals surface area (Å²) in [7, 11) is 0. The summed E-state index contributed by atoms with van der Waals surface area (Å²) in [4.78, 5) is 6.87. The summed E-state index contributed by atoms with van der Waals surface area (Å²) in [6, 6.07) is 6.95. The van der Waals surface area contributed by atoms with Crippen LogP contribution in [0, 0.1) is 5.82 Å². The molecule has 90 valence electrons. The van der Waals surface area contributed by atoms with E-state index in [2.05, 4.69) is 9.89 Å². The molecule has 0 aliphatic carbocycles. The van der Waals surface area contributed by atoms with Crippen LogP contribution in [0.25, 0.3) is 0 Å². The fourth-order valence-corrected chi connectivity index (χ4v) is 3.63. The molecule has 1 atom stereocenters. The molecule has 2 aliphatic rings. The van der Waals surface area contributed by atoms with Crippen molar-refractivity contribution in [3.05, 3.63) is 35.6 Å². The molecule has 3 rings (SSSR count). The normalized spacial score (nSPS) is 24.2. The molecule has 0 N–H and O–H groups in total. The Hall–Kier alpha value is -1.03. The Morgan fingerprint density at radius 1 is 1.24 bits per heavy atom. The van der Waals surface area contributed by atoms with Crippen molar-refractivity contribution < 1.29 is 4.39 Å². The Kier molecular flexibility index (Phi) is 3.05. The number of hydrogen-bond donors (Lipinski definition) is 0. The van der Waals surface area contributed by atoms with Crippen molar-refractivity contribution in [2.75, 3.05) is 25.4 Å². The summed E-state index contributed by atoms with van der Waals surface area (Å²) in [6.07, 6.45) is 1.14. The molecule has 0 amide bonds. The van der Waals surface area contributed by atoms with Crippen molar-refractivity contribution in [2.45, 2.75) is 12.3 Å². The highest BCUT2D eigenvalue weighted by Crippen LogP contribution is 2.30. The summed E-state index contributed by atoms with van der Waals surface area (Å²) in [5.41, 5.74) is 1.25. The smallest absolute Gasteiger partial charge is 0.159 e. The predicted octanol–water partition coefficient (Wildman–Crippen LogP) is 2.72. The average Bonchev–Trinajstić information content (AvgIpc) is 2.70. The lowest BCUT2D eigenvalue weighted by Gasteiger charge is -2.16. The van der Waals surface area contributed by atoms with Gasteiger partial charge in [-0.05, 0) is 30.0 Å². The number of benzene rings is 1. The van der Waals surface area contributed by atoms with Gasteiger partial charge in [-0.1, -0.05) is 23.9 Å². The molecule has 0 spiro atoms. The molecule has 0 radical (unpaired) electrons. The first kappa shape index (κ1) is 11.1. The molecule has 1 unspecified atom stereocenters. The molecule has 1 saturated heterocycles. The van der Waals surface area contributed by atoms with Crippen LogP contribution in [-0.2, 0) is 0 Å². The van der Waals surface area contributed by atoms with Crippen LogP contribution in [0.1, 0.15) is 17.9 Å². The largest absolute Gasteiger partial charge is 0.350 e. The van der Waals surface area contributed by atoms with E-state index in [1.165, 1.54) is 10.7 Å². The van der Waals surface area contributed by atoms with Crippen LogP contribution in [0.2, 0.25) is 0 Å². The first-order valence-electron chi connectivity index (χ1n) is 6.00. The van der Waals surface area contributed by atoms with Crippen LogP contribution in [0.3, 0.4) is 0 Å². The fourth-order valence-electron chi connectivity index (χ4n) is 2.37. The first-order valence-corrected chi connectivity index (χ1v) is 6.99. The van der Waals surface area contributed by atoms with Gasteiger partial charge in [0.25, 0.3) is 0 Å². The van der Waals surface area contributed by atoms with E-state index in [0.717, 1.165) is 31.8 Å². The molecular weight excluding hydrogens is 235 g/mol. The van der Waals surface area contributed by atoms with Crippen LogP contribution in [0.5, 0.6) is 0 Å². The molecule has 0 saturated carbocycles. The highest BCUT2D eigenvalue weighted by atomic mass is 32.2. The Morgan fingerprint density at radius 2 is 2.06 bits per heavy atom. The SMILES string of the molecule is Fc1ccc(C2CCN3CCN=C3SC2)cc1. The van der Waals surface area contributed by atoms with E-state index in [-0.39, 0.29) is 5.82 Å². The Morgan fingerprint density at radius 3 is 2.88 bits per heavy atom. The molecule has 2 heterocycles. The van der Waals surface area contributed by atoms with E-state index < -0.39 is 0 Å². The van der Waals surface area contributed by atoms with Crippen LogP contribution < -0.4 is 0 Å². The lowest BCUT2D eigenvalue weighted by Crippen LogP contribution is -2.25. The van der Waals surface area contributed by atoms with E-state index in [1.54, 1.807) is 12.1 Å². The van der Waals surface area contributed by atoms with Gasteiger partial charge in [-0.15, -0.1) is 0 Å². The minimum Gasteiger partial charge on any atom is -0.350 e. The number of thioether (sulfide) groups is 1. The molecule has 2 aliphatic heterocycles. The second kappa shape index (κ2) is 4.69. The number of fused-ring (bicyclic) bond motifs is 1. The summed E-state index contributed by atoms with van der Waals surface area (Å²) < 4.78 is 12.9. The lowest BCUT2D eigenvalue weighted by molar-refractivity contribution is 0.440. The zero-order valence-corrected chi connectivity index (χ0v) is 10.4. The van der Waals surface area contributed by atoms with E-state index >= 15 is 0 Å². The van der Waals surface area contributed by atoms with Gasteiger partial charge in [-0.3, -0.25) is 4.99 Å². The molecule has 0 bridgehead atoms. The zero-order chi connectivity index (χ0) is 11.7. The molecule has 1 aromatic rings. The Bertz CT molecular complexity index is 430. The van der Waals surface area contributed by atoms with Gasteiger partial charge >= 0.3 is 0 Å².